The monoisotopic (exact) mass is 552 g/mol. The van der Waals surface area contributed by atoms with Gasteiger partial charge in [-0.25, -0.2) is 0 Å². The molecule has 8 heteroatoms. The average Bonchev–Trinajstić information content (AvgIpc) is 3.37. The van der Waals surface area contributed by atoms with E-state index < -0.39 is 11.4 Å². The Kier molecular flexibility index (Phi) is 8.28. The fraction of sp³-hybridized carbons (Fsp3) is 0.367. The van der Waals surface area contributed by atoms with E-state index in [0.717, 1.165) is 21.8 Å². The fourth-order valence-corrected chi connectivity index (χ4v) is 5.99. The van der Waals surface area contributed by atoms with Crippen LogP contribution in [0.5, 0.6) is 0 Å². The summed E-state index contributed by atoms with van der Waals surface area (Å²) in [6.07, 6.45) is 1.60. The first kappa shape index (κ1) is 27.9. The van der Waals surface area contributed by atoms with Gasteiger partial charge in [0.1, 0.15) is 0 Å². The number of carboxylic acid groups (broad SMARTS) is 1. The highest BCUT2D eigenvalue weighted by Gasteiger charge is 2.39. The minimum absolute atomic E-state index is 0.000626. The number of nitrogens with zero attached hydrogens (tertiary/aromatic N) is 2. The Morgan fingerprint density at radius 3 is 2.42 bits per heavy atom. The quantitative estimate of drug-likeness (QED) is 0.326. The third-order valence-electron chi connectivity index (χ3n) is 7.27. The second-order valence-electron chi connectivity index (χ2n) is 10.4. The van der Waals surface area contributed by atoms with E-state index in [-0.39, 0.29) is 23.8 Å². The molecular formula is C30H33ClN2O4S. The average molecular weight is 553 g/mol. The highest BCUT2D eigenvalue weighted by Crippen LogP contribution is 2.41. The van der Waals surface area contributed by atoms with Crippen LogP contribution < -0.4 is 9.80 Å². The maximum absolute atomic E-state index is 13.8. The maximum atomic E-state index is 13.8. The number of hydrogen-bond acceptors (Lipinski definition) is 4. The molecule has 0 spiro atoms. The molecule has 6 nitrogen and oxygen atoms in total. The minimum atomic E-state index is -0.828. The van der Waals surface area contributed by atoms with Crippen molar-refractivity contribution in [1.82, 2.24) is 0 Å². The van der Waals surface area contributed by atoms with Gasteiger partial charge in [-0.3, -0.25) is 14.4 Å². The van der Waals surface area contributed by atoms with Crippen molar-refractivity contribution in [3.05, 3.63) is 81.0 Å². The molecule has 0 unspecified atom stereocenters. The molecule has 0 saturated heterocycles. The van der Waals surface area contributed by atoms with Crippen molar-refractivity contribution in [2.45, 2.75) is 58.9 Å². The van der Waals surface area contributed by atoms with Gasteiger partial charge in [0.15, 0.2) is 0 Å². The van der Waals surface area contributed by atoms with Gasteiger partial charge in [-0.05, 0) is 95.0 Å². The van der Waals surface area contributed by atoms with Gasteiger partial charge in [-0.15, -0.1) is 11.3 Å². The molecule has 0 aliphatic carbocycles. The zero-order valence-electron chi connectivity index (χ0n) is 22.1. The van der Waals surface area contributed by atoms with E-state index in [1.807, 2.05) is 62.4 Å². The lowest BCUT2D eigenvalue weighted by molar-refractivity contribution is -0.147. The van der Waals surface area contributed by atoms with Gasteiger partial charge in [0.2, 0.25) is 5.91 Å². The van der Waals surface area contributed by atoms with Gasteiger partial charge < -0.3 is 14.9 Å². The third-order valence-corrected chi connectivity index (χ3v) is 8.66. The lowest BCUT2D eigenvalue weighted by Crippen LogP contribution is -2.46. The molecule has 200 valence electrons. The zero-order valence-corrected chi connectivity index (χ0v) is 23.7. The summed E-state index contributed by atoms with van der Waals surface area (Å²) in [5.74, 6) is -1.31. The van der Waals surface area contributed by atoms with Crippen molar-refractivity contribution < 1.29 is 19.5 Å². The minimum Gasteiger partial charge on any atom is -0.481 e. The van der Waals surface area contributed by atoms with Crippen molar-refractivity contribution in [1.29, 1.82) is 0 Å². The van der Waals surface area contributed by atoms with Gasteiger partial charge in [-0.1, -0.05) is 29.8 Å². The number of benzene rings is 2. The van der Waals surface area contributed by atoms with Crippen molar-refractivity contribution in [3.8, 4) is 0 Å². The molecule has 0 fully saturated rings. The molecular weight excluding hydrogens is 520 g/mol. The van der Waals surface area contributed by atoms with E-state index in [9.17, 15) is 19.5 Å². The summed E-state index contributed by atoms with van der Waals surface area (Å²) in [6, 6.07) is 18.5. The summed E-state index contributed by atoms with van der Waals surface area (Å²) in [7, 11) is 0. The topological polar surface area (TPSA) is 77.9 Å². The predicted octanol–water partition coefficient (Wildman–Crippen LogP) is 7.02. The number of hydrogen-bond donors (Lipinski definition) is 1. The number of thiophene rings is 1. The van der Waals surface area contributed by atoms with Gasteiger partial charge >= 0.3 is 5.97 Å². The maximum Gasteiger partial charge on any atom is 0.309 e. The Hall–Kier alpha value is -3.16. The van der Waals surface area contributed by atoms with Gasteiger partial charge in [-0.2, -0.15) is 0 Å². The number of carbonyl (C=O) groups excluding carboxylic acids is 2. The summed E-state index contributed by atoms with van der Waals surface area (Å²) in [4.78, 5) is 44.2. The lowest BCUT2D eigenvalue weighted by atomic mass is 9.84. The number of carbonyl (C=O) groups is 3. The van der Waals surface area contributed by atoms with E-state index in [1.54, 1.807) is 35.8 Å². The number of likely N-dealkylation sites (N-methyl/N-ethyl adjacent to an activating group) is 1. The second-order valence-corrected chi connectivity index (χ2v) is 12.0. The largest absolute Gasteiger partial charge is 0.481 e. The van der Waals surface area contributed by atoms with Crippen molar-refractivity contribution in [3.63, 3.8) is 0 Å². The molecule has 0 saturated carbocycles. The zero-order chi connectivity index (χ0) is 27.6. The number of amides is 2. The number of fused-ring (bicyclic) bond motifs is 1. The molecule has 2 aromatic carbocycles. The first-order valence-corrected chi connectivity index (χ1v) is 14.0. The molecule has 2 atom stereocenters. The van der Waals surface area contributed by atoms with Crippen LogP contribution in [-0.2, 0) is 16.0 Å². The molecule has 0 bridgehead atoms. The van der Waals surface area contributed by atoms with Crippen LogP contribution in [0.2, 0.25) is 5.02 Å². The summed E-state index contributed by atoms with van der Waals surface area (Å²) in [5.41, 5.74) is 1.57. The first-order valence-electron chi connectivity index (χ1n) is 12.8. The van der Waals surface area contributed by atoms with Crippen LogP contribution in [0, 0.1) is 5.41 Å². The normalized spacial score (nSPS) is 17.1. The highest BCUT2D eigenvalue weighted by atomic mass is 35.5. The number of para-hydroxylation sites is 1. The molecule has 2 amide bonds. The Balaban J connectivity index is 1.59. The number of aliphatic carboxylic acids is 1. The lowest BCUT2D eigenvalue weighted by Gasteiger charge is -2.40. The Bertz CT molecular complexity index is 1330. The Morgan fingerprint density at radius 2 is 1.76 bits per heavy atom. The van der Waals surface area contributed by atoms with E-state index in [4.69, 9.17) is 11.6 Å². The van der Waals surface area contributed by atoms with Gasteiger partial charge in [0.05, 0.1) is 16.2 Å². The van der Waals surface area contributed by atoms with Gasteiger partial charge in [0.25, 0.3) is 5.91 Å². The Morgan fingerprint density at radius 1 is 1.08 bits per heavy atom. The summed E-state index contributed by atoms with van der Waals surface area (Å²) in [5, 5.41) is 10.0. The smallest absolute Gasteiger partial charge is 0.309 e. The van der Waals surface area contributed by atoms with Crippen LogP contribution in [0.25, 0.3) is 0 Å². The summed E-state index contributed by atoms with van der Waals surface area (Å²) in [6.45, 7) is 7.88. The van der Waals surface area contributed by atoms with E-state index >= 15 is 0 Å². The van der Waals surface area contributed by atoms with Crippen molar-refractivity contribution in [2.75, 3.05) is 16.3 Å². The van der Waals surface area contributed by atoms with Crippen molar-refractivity contribution in [2.24, 2.45) is 5.41 Å². The van der Waals surface area contributed by atoms with E-state index in [1.165, 1.54) is 11.3 Å². The van der Waals surface area contributed by atoms with Crippen LogP contribution >= 0.6 is 22.9 Å². The number of aryl methyl sites for hydroxylation is 1. The summed E-state index contributed by atoms with van der Waals surface area (Å²) < 4.78 is 0. The molecule has 1 N–H and O–H groups in total. The molecule has 38 heavy (non-hydrogen) atoms. The second kappa shape index (κ2) is 11.3. The molecule has 0 radical (unpaired) electrons. The fourth-order valence-electron chi connectivity index (χ4n) is 4.92. The number of carboxylic acids is 1. The van der Waals surface area contributed by atoms with Crippen LogP contribution in [-0.4, -0.2) is 35.5 Å². The molecule has 3 aromatic rings. The number of anilines is 2. The number of rotatable bonds is 8. The van der Waals surface area contributed by atoms with E-state index in [0.29, 0.717) is 35.7 Å². The molecule has 1 aliphatic rings. The van der Waals surface area contributed by atoms with Crippen molar-refractivity contribution >= 4 is 52.1 Å². The predicted molar refractivity (Wildman–Crippen MR) is 154 cm³/mol. The first-order chi connectivity index (χ1) is 18.0. The molecule has 4 rings (SSSR count). The van der Waals surface area contributed by atoms with Crippen LogP contribution in [0.15, 0.2) is 60.7 Å². The Labute approximate surface area is 232 Å². The van der Waals surface area contributed by atoms with E-state index in [2.05, 4.69) is 0 Å². The molecule has 1 aliphatic heterocycles. The van der Waals surface area contributed by atoms with Crippen LogP contribution in [0.4, 0.5) is 11.4 Å². The van der Waals surface area contributed by atoms with Crippen LogP contribution in [0.3, 0.4) is 0 Å². The summed E-state index contributed by atoms with van der Waals surface area (Å²) >= 11 is 7.47. The highest BCUT2D eigenvalue weighted by molar-refractivity contribution is 7.14. The standard InChI is InChI=1S/C30H33ClN2O4S/c1-5-32(21-12-10-20(31)11-13-21)27(34)24-18-19(2)33(25-9-7-6-8-23(24)25)28(35)26-15-14-22(38-26)16-17-30(3,4)29(36)37/h6-15,19,24H,5,16-18H2,1-4H3,(H,36,37)/t19-,24-/m0/s1. The SMILES string of the molecule is CCN(C(=O)[C@H]1C[C@H](C)N(C(=O)c2ccc(CCC(C)(C)C(=O)O)s2)c2ccccc21)c1ccc(Cl)cc1. The molecule has 2 heterocycles. The third kappa shape index (κ3) is 5.64. The van der Waals surface area contributed by atoms with Crippen LogP contribution in [0.1, 0.15) is 66.6 Å². The number of halogens is 1. The van der Waals surface area contributed by atoms with Gasteiger partial charge in [0, 0.05) is 33.9 Å². The molecule has 1 aromatic heterocycles.